The van der Waals surface area contributed by atoms with Crippen molar-refractivity contribution >= 4 is 17.5 Å². The first-order valence-electron chi connectivity index (χ1n) is 7.16. The first-order valence-corrected chi connectivity index (χ1v) is 7.54. The number of rotatable bonds is 7. The van der Waals surface area contributed by atoms with Crippen LogP contribution in [0.5, 0.6) is 5.75 Å². The summed E-state index contributed by atoms with van der Waals surface area (Å²) in [7, 11) is 0. The van der Waals surface area contributed by atoms with Crippen LogP contribution >= 0.6 is 11.6 Å². The zero-order chi connectivity index (χ0) is 15.1. The molecule has 1 heterocycles. The van der Waals surface area contributed by atoms with Crippen LogP contribution in [0, 0.1) is 6.92 Å². The molecule has 0 saturated carbocycles. The van der Waals surface area contributed by atoms with Crippen molar-refractivity contribution in [3.63, 3.8) is 0 Å². The Labute approximate surface area is 130 Å². The Morgan fingerprint density at radius 2 is 2.00 bits per heavy atom. The van der Waals surface area contributed by atoms with Gasteiger partial charge in [-0.15, -0.1) is 0 Å². The fraction of sp³-hybridized carbons (Fsp3) is 0.375. The van der Waals surface area contributed by atoms with E-state index in [9.17, 15) is 5.11 Å². The summed E-state index contributed by atoms with van der Waals surface area (Å²) >= 11 is 6.12. The van der Waals surface area contributed by atoms with E-state index in [1.54, 1.807) is 6.92 Å². The van der Waals surface area contributed by atoms with E-state index in [4.69, 9.17) is 11.6 Å². The number of halogens is 1. The van der Waals surface area contributed by atoms with E-state index in [1.807, 2.05) is 18.2 Å². The van der Waals surface area contributed by atoms with Gasteiger partial charge in [0.25, 0.3) is 0 Å². The maximum Gasteiger partial charge on any atom is 0.223 e. The summed E-state index contributed by atoms with van der Waals surface area (Å²) in [6.45, 7) is 2.58. The molecule has 1 aromatic heterocycles. The van der Waals surface area contributed by atoms with Gasteiger partial charge in [0, 0.05) is 11.6 Å². The Hall–Kier alpha value is -1.81. The summed E-state index contributed by atoms with van der Waals surface area (Å²) in [6.07, 6.45) is 5.71. The second-order valence-corrected chi connectivity index (χ2v) is 5.40. The minimum Gasteiger partial charge on any atom is -0.504 e. The molecule has 2 aromatic rings. The van der Waals surface area contributed by atoms with E-state index in [0.29, 0.717) is 11.6 Å². The lowest BCUT2D eigenvalue weighted by Crippen LogP contribution is -2.06. The van der Waals surface area contributed by atoms with Gasteiger partial charge < -0.3 is 10.4 Å². The minimum atomic E-state index is 0.125. The van der Waals surface area contributed by atoms with Gasteiger partial charge in [0.15, 0.2) is 5.75 Å². The summed E-state index contributed by atoms with van der Waals surface area (Å²) in [6, 6.07) is 7.99. The van der Waals surface area contributed by atoms with Gasteiger partial charge in [-0.25, -0.2) is 9.97 Å². The largest absolute Gasteiger partial charge is 0.504 e. The van der Waals surface area contributed by atoms with Gasteiger partial charge in [0.2, 0.25) is 5.95 Å². The number of anilines is 1. The maximum absolute atomic E-state index is 9.35. The Bertz CT molecular complexity index is 589. The van der Waals surface area contributed by atoms with E-state index in [2.05, 4.69) is 21.4 Å². The quantitative estimate of drug-likeness (QED) is 0.760. The molecule has 0 aliphatic heterocycles. The van der Waals surface area contributed by atoms with Crippen molar-refractivity contribution in [1.29, 1.82) is 0 Å². The number of aromatic nitrogens is 2. The van der Waals surface area contributed by atoms with Crippen molar-refractivity contribution in [3.05, 3.63) is 46.7 Å². The molecule has 0 atom stereocenters. The molecule has 0 saturated heterocycles. The second-order valence-electron chi connectivity index (χ2n) is 4.99. The highest BCUT2D eigenvalue weighted by atomic mass is 35.5. The van der Waals surface area contributed by atoms with Crippen molar-refractivity contribution in [2.24, 2.45) is 0 Å². The highest BCUT2D eigenvalue weighted by Gasteiger charge is 2.01. The number of hydrogen-bond donors (Lipinski definition) is 2. The van der Waals surface area contributed by atoms with Crippen LogP contribution in [0.15, 0.2) is 30.5 Å². The number of benzene rings is 1. The molecule has 5 heteroatoms. The van der Waals surface area contributed by atoms with Crippen LogP contribution in [0.25, 0.3) is 0 Å². The van der Waals surface area contributed by atoms with Crippen molar-refractivity contribution in [2.45, 2.75) is 32.6 Å². The lowest BCUT2D eigenvalue weighted by molar-refractivity contribution is 0.464. The monoisotopic (exact) mass is 305 g/mol. The average molecular weight is 306 g/mol. The second kappa shape index (κ2) is 7.84. The third kappa shape index (κ3) is 4.90. The van der Waals surface area contributed by atoms with E-state index in [0.717, 1.165) is 37.3 Å². The molecule has 0 fully saturated rings. The summed E-state index contributed by atoms with van der Waals surface area (Å²) in [5.41, 5.74) is 1.80. The van der Waals surface area contributed by atoms with Gasteiger partial charge in [0.05, 0.1) is 11.9 Å². The van der Waals surface area contributed by atoms with Crippen LogP contribution < -0.4 is 5.32 Å². The van der Waals surface area contributed by atoms with Gasteiger partial charge >= 0.3 is 0 Å². The molecule has 4 nitrogen and oxygen atoms in total. The highest BCUT2D eigenvalue weighted by molar-refractivity contribution is 6.31. The van der Waals surface area contributed by atoms with Crippen LogP contribution in [-0.2, 0) is 6.42 Å². The van der Waals surface area contributed by atoms with Crippen molar-refractivity contribution in [3.8, 4) is 5.75 Å². The summed E-state index contributed by atoms with van der Waals surface area (Å²) in [5.74, 6) is 0.691. The maximum atomic E-state index is 9.35. The number of aromatic hydroxyl groups is 1. The molecule has 0 aliphatic rings. The fourth-order valence-corrected chi connectivity index (χ4v) is 2.29. The molecule has 1 aromatic carbocycles. The Morgan fingerprint density at radius 3 is 2.76 bits per heavy atom. The van der Waals surface area contributed by atoms with Crippen LogP contribution in [0.3, 0.4) is 0 Å². The van der Waals surface area contributed by atoms with Crippen molar-refractivity contribution < 1.29 is 5.11 Å². The van der Waals surface area contributed by atoms with E-state index in [1.165, 1.54) is 11.8 Å². The molecule has 0 bridgehead atoms. The predicted octanol–water partition coefficient (Wildman–Crippen LogP) is 3.97. The topological polar surface area (TPSA) is 58.0 Å². The molecule has 0 aliphatic carbocycles. The number of nitrogens with zero attached hydrogens (tertiary/aromatic N) is 2. The number of unbranched alkanes of at least 4 members (excludes halogenated alkanes) is 2. The molecular formula is C16H20ClN3O. The van der Waals surface area contributed by atoms with Crippen LogP contribution in [0.2, 0.25) is 5.02 Å². The lowest BCUT2D eigenvalue weighted by Gasteiger charge is -2.06. The van der Waals surface area contributed by atoms with Crippen molar-refractivity contribution in [1.82, 2.24) is 9.97 Å². The average Bonchev–Trinajstić information content (AvgIpc) is 2.48. The Morgan fingerprint density at radius 1 is 1.19 bits per heavy atom. The Kier molecular flexibility index (Phi) is 5.81. The van der Waals surface area contributed by atoms with Gasteiger partial charge in [-0.3, -0.25) is 0 Å². The molecule has 21 heavy (non-hydrogen) atoms. The van der Waals surface area contributed by atoms with E-state index >= 15 is 0 Å². The SMILES string of the molecule is Cc1nc(NCCCCCc2ccccc2Cl)ncc1O. The molecule has 0 spiro atoms. The van der Waals surface area contributed by atoms with Crippen LogP contribution in [0.1, 0.15) is 30.5 Å². The number of aryl methyl sites for hydroxylation is 2. The van der Waals surface area contributed by atoms with Gasteiger partial charge in [-0.2, -0.15) is 0 Å². The summed E-state index contributed by atoms with van der Waals surface area (Å²) < 4.78 is 0. The molecule has 0 amide bonds. The first-order chi connectivity index (χ1) is 10.2. The van der Waals surface area contributed by atoms with E-state index in [-0.39, 0.29) is 5.75 Å². The minimum absolute atomic E-state index is 0.125. The Balaban J connectivity index is 1.64. The zero-order valence-electron chi connectivity index (χ0n) is 12.1. The van der Waals surface area contributed by atoms with Crippen LogP contribution in [-0.4, -0.2) is 21.6 Å². The van der Waals surface area contributed by atoms with Gasteiger partial charge in [0.1, 0.15) is 0 Å². The fourth-order valence-electron chi connectivity index (χ4n) is 2.06. The number of nitrogens with one attached hydrogen (secondary N) is 1. The smallest absolute Gasteiger partial charge is 0.223 e. The van der Waals surface area contributed by atoms with Gasteiger partial charge in [-0.05, 0) is 37.8 Å². The van der Waals surface area contributed by atoms with Gasteiger partial charge in [-0.1, -0.05) is 36.2 Å². The van der Waals surface area contributed by atoms with E-state index < -0.39 is 0 Å². The zero-order valence-corrected chi connectivity index (χ0v) is 12.9. The third-order valence-electron chi connectivity index (χ3n) is 3.32. The summed E-state index contributed by atoms with van der Waals surface area (Å²) in [4.78, 5) is 8.19. The normalized spacial score (nSPS) is 10.6. The number of hydrogen-bond acceptors (Lipinski definition) is 4. The predicted molar refractivity (Wildman–Crippen MR) is 85.9 cm³/mol. The lowest BCUT2D eigenvalue weighted by atomic mass is 10.1. The highest BCUT2D eigenvalue weighted by Crippen LogP contribution is 2.17. The third-order valence-corrected chi connectivity index (χ3v) is 3.69. The van der Waals surface area contributed by atoms with Crippen molar-refractivity contribution in [2.75, 3.05) is 11.9 Å². The molecule has 0 unspecified atom stereocenters. The van der Waals surface area contributed by atoms with Crippen LogP contribution in [0.4, 0.5) is 5.95 Å². The standard InChI is InChI=1S/C16H20ClN3O/c1-12-15(21)11-19-16(20-12)18-10-6-2-3-7-13-8-4-5-9-14(13)17/h4-5,8-9,11,21H,2-3,6-7,10H2,1H3,(H,18,19,20). The molecular weight excluding hydrogens is 286 g/mol. The molecule has 2 rings (SSSR count). The summed E-state index contributed by atoms with van der Waals surface area (Å²) in [5, 5.41) is 13.4. The molecule has 0 radical (unpaired) electrons. The molecule has 112 valence electrons. The first kappa shape index (κ1) is 15.6. The molecule has 2 N–H and O–H groups in total.